The second-order valence-electron chi connectivity index (χ2n) is 3.90. The number of hydrogen-bond acceptors (Lipinski definition) is 7. The van der Waals surface area contributed by atoms with Crippen LogP contribution in [0.25, 0.3) is 0 Å². The molecule has 0 bridgehead atoms. The Bertz CT molecular complexity index is 571. The fraction of sp³-hybridized carbons (Fsp3) is 0.600. The number of aliphatic hydroxyl groups is 1. The lowest BCUT2D eigenvalue weighted by Gasteiger charge is -2.22. The molecule has 0 aliphatic rings. The van der Waals surface area contributed by atoms with E-state index in [1.807, 2.05) is 4.98 Å². The summed E-state index contributed by atoms with van der Waals surface area (Å²) in [6.45, 7) is -0.816. The molecule has 0 aromatic carbocycles. The van der Waals surface area contributed by atoms with Crippen LogP contribution in [0.3, 0.4) is 0 Å². The summed E-state index contributed by atoms with van der Waals surface area (Å²) < 4.78 is 26.3. The zero-order valence-electron chi connectivity index (χ0n) is 11.2. The van der Waals surface area contributed by atoms with Crippen LogP contribution in [-0.4, -0.2) is 52.6 Å². The van der Waals surface area contributed by atoms with Crippen molar-refractivity contribution in [1.29, 1.82) is 0 Å². The number of nitrogens with one attached hydrogen (secondary N) is 1. The highest BCUT2D eigenvalue weighted by atomic mass is 31.1. The van der Waals surface area contributed by atoms with Gasteiger partial charge in [0, 0.05) is 23.9 Å². The van der Waals surface area contributed by atoms with Gasteiger partial charge in [-0.1, -0.05) is 0 Å². The molecule has 21 heavy (non-hydrogen) atoms. The van der Waals surface area contributed by atoms with Crippen LogP contribution in [0.2, 0.25) is 0 Å². The molecule has 3 N–H and O–H groups in total. The van der Waals surface area contributed by atoms with Crippen molar-refractivity contribution < 1.29 is 28.6 Å². The summed E-state index contributed by atoms with van der Waals surface area (Å²) in [6, 6.07) is 1.10. The number of aromatic nitrogens is 2. The first kappa shape index (κ1) is 17.6. The molecule has 1 aromatic heterocycles. The summed E-state index contributed by atoms with van der Waals surface area (Å²) >= 11 is 0. The minimum atomic E-state index is -2.80. The van der Waals surface area contributed by atoms with E-state index >= 15 is 0 Å². The van der Waals surface area contributed by atoms with E-state index < -0.39 is 38.4 Å². The van der Waals surface area contributed by atoms with E-state index in [0.717, 1.165) is 10.6 Å². The molecule has 1 unspecified atom stereocenters. The van der Waals surface area contributed by atoms with Gasteiger partial charge < -0.3 is 14.6 Å². The molecule has 0 spiro atoms. The van der Waals surface area contributed by atoms with Crippen molar-refractivity contribution in [3.05, 3.63) is 33.1 Å². The number of rotatable bonds is 9. The van der Waals surface area contributed by atoms with E-state index in [0.29, 0.717) is 0 Å². The molecule has 1 heterocycles. The Kier molecular flexibility index (Phi) is 7.37. The Morgan fingerprint density at radius 1 is 1.43 bits per heavy atom. The third-order valence-corrected chi connectivity index (χ3v) is 2.76. The van der Waals surface area contributed by atoms with Gasteiger partial charge in [0.1, 0.15) is 12.7 Å². The van der Waals surface area contributed by atoms with Crippen LogP contribution in [0, 0.1) is 0 Å². The fourth-order valence-corrected chi connectivity index (χ4v) is 1.83. The van der Waals surface area contributed by atoms with Crippen molar-refractivity contribution in [3.8, 4) is 0 Å². The molecule has 0 amide bonds. The second-order valence-corrected chi connectivity index (χ2v) is 4.64. The maximum absolute atomic E-state index is 11.6. The van der Waals surface area contributed by atoms with E-state index in [1.54, 1.807) is 0 Å². The topological polar surface area (TPSA) is 140 Å². The van der Waals surface area contributed by atoms with Crippen LogP contribution in [0.5, 0.6) is 0 Å². The van der Waals surface area contributed by atoms with Crippen LogP contribution < -0.4 is 11.2 Å². The number of H-pyrrole nitrogens is 1. The lowest BCUT2D eigenvalue weighted by atomic mass is 10.4. The molecule has 10 nitrogen and oxygen atoms in total. The first-order chi connectivity index (χ1) is 9.97. The molecule has 0 aliphatic carbocycles. The Labute approximate surface area is 119 Å². The molecular formula is C10H16N2O8P+. The maximum atomic E-state index is 11.6. The average Bonchev–Trinajstić information content (AvgIpc) is 2.42. The molecule has 1 aromatic rings. The van der Waals surface area contributed by atoms with Gasteiger partial charge in [-0.05, 0) is 0 Å². The van der Waals surface area contributed by atoms with Gasteiger partial charge >= 0.3 is 13.9 Å². The first-order valence-corrected chi connectivity index (χ1v) is 6.96. The number of ether oxygens (including phenoxy) is 2. The summed E-state index contributed by atoms with van der Waals surface area (Å²) in [4.78, 5) is 33.2. The van der Waals surface area contributed by atoms with E-state index in [9.17, 15) is 19.3 Å². The zero-order valence-corrected chi connectivity index (χ0v) is 12.1. The normalized spacial score (nSPS) is 14.7. The standard InChI is InChI=1S/C10H15N2O8P/c1-18-5-7(6-19-21(16)17)20-9(4-13)12-3-2-8(14)11-10(12)15/h2-3,7,9,13H,4-6H2,1H3,(H-,11,14,15,16,17)/p+1/t7-,9+/m0/s1. The molecule has 0 aliphatic heterocycles. The Hall–Kier alpha value is -1.42. The monoisotopic (exact) mass is 323 g/mol. The number of hydrogen-bond donors (Lipinski definition) is 3. The molecule has 11 heteroatoms. The molecule has 3 atom stereocenters. The highest BCUT2D eigenvalue weighted by Crippen LogP contribution is 2.17. The quantitative estimate of drug-likeness (QED) is 0.478. The molecule has 0 radical (unpaired) electrons. The van der Waals surface area contributed by atoms with Crippen molar-refractivity contribution >= 4 is 8.25 Å². The number of aromatic amines is 1. The summed E-state index contributed by atoms with van der Waals surface area (Å²) in [5.41, 5.74) is -1.34. The minimum absolute atomic E-state index is 0.0117. The number of methoxy groups -OCH3 is 1. The van der Waals surface area contributed by atoms with Crippen LogP contribution in [0.1, 0.15) is 6.23 Å². The van der Waals surface area contributed by atoms with Crippen LogP contribution >= 0.6 is 8.25 Å². The predicted molar refractivity (Wildman–Crippen MR) is 70.0 cm³/mol. The highest BCUT2D eigenvalue weighted by molar-refractivity contribution is 7.32. The molecule has 118 valence electrons. The van der Waals surface area contributed by atoms with Gasteiger partial charge in [-0.2, -0.15) is 0 Å². The summed E-state index contributed by atoms with van der Waals surface area (Å²) in [7, 11) is -1.42. The smallest absolute Gasteiger partial charge is 0.392 e. The van der Waals surface area contributed by atoms with Crippen LogP contribution in [0.4, 0.5) is 0 Å². The van der Waals surface area contributed by atoms with Crippen LogP contribution in [0.15, 0.2) is 21.9 Å². The van der Waals surface area contributed by atoms with Crippen LogP contribution in [-0.2, 0) is 18.6 Å². The Morgan fingerprint density at radius 3 is 2.67 bits per heavy atom. The lowest BCUT2D eigenvalue weighted by molar-refractivity contribution is -0.115. The molecule has 1 rings (SSSR count). The minimum Gasteiger partial charge on any atom is -0.392 e. The Balaban J connectivity index is 2.84. The third-order valence-electron chi connectivity index (χ3n) is 2.39. The van der Waals surface area contributed by atoms with Crippen molar-refractivity contribution in [3.63, 3.8) is 0 Å². The highest BCUT2D eigenvalue weighted by Gasteiger charge is 2.23. The van der Waals surface area contributed by atoms with Gasteiger partial charge in [-0.3, -0.25) is 14.3 Å². The van der Waals surface area contributed by atoms with Crippen molar-refractivity contribution in [2.75, 3.05) is 26.9 Å². The second kappa shape index (κ2) is 8.78. The molecule has 0 saturated carbocycles. The summed E-state index contributed by atoms with van der Waals surface area (Å²) in [5.74, 6) is 0. The number of aliphatic hydroxyl groups excluding tert-OH is 1. The predicted octanol–water partition coefficient (Wildman–Crippen LogP) is -1.27. The lowest BCUT2D eigenvalue weighted by Crippen LogP contribution is -2.37. The largest absolute Gasteiger partial charge is 0.694 e. The Morgan fingerprint density at radius 2 is 2.14 bits per heavy atom. The van der Waals surface area contributed by atoms with E-state index in [1.165, 1.54) is 13.3 Å². The van der Waals surface area contributed by atoms with Crippen molar-refractivity contribution in [2.24, 2.45) is 0 Å². The SMILES string of the molecule is COC[C@@H](CO[P+](=O)O)O[C@H](CO)n1ccc(=O)[nH]c1=O. The first-order valence-electron chi connectivity index (χ1n) is 5.83. The van der Waals surface area contributed by atoms with Crippen molar-refractivity contribution in [2.45, 2.75) is 12.3 Å². The summed E-state index contributed by atoms with van der Waals surface area (Å²) in [6.07, 6.45) is -0.731. The van der Waals surface area contributed by atoms with Gasteiger partial charge in [0.05, 0.1) is 13.2 Å². The van der Waals surface area contributed by atoms with E-state index in [2.05, 4.69) is 4.52 Å². The van der Waals surface area contributed by atoms with Gasteiger partial charge in [0.2, 0.25) is 0 Å². The van der Waals surface area contributed by atoms with Gasteiger partial charge in [-0.15, -0.1) is 9.42 Å². The van der Waals surface area contributed by atoms with Gasteiger partial charge in [0.15, 0.2) is 6.23 Å². The van der Waals surface area contributed by atoms with Gasteiger partial charge in [-0.25, -0.2) is 4.79 Å². The third kappa shape index (κ3) is 5.84. The molecule has 0 fully saturated rings. The summed E-state index contributed by atoms with van der Waals surface area (Å²) in [5, 5.41) is 9.30. The molecular weight excluding hydrogens is 307 g/mol. The van der Waals surface area contributed by atoms with Gasteiger partial charge in [0.25, 0.3) is 5.56 Å². The average molecular weight is 323 g/mol. The molecule has 0 saturated heterocycles. The van der Waals surface area contributed by atoms with E-state index in [4.69, 9.17) is 14.4 Å². The number of nitrogens with zero attached hydrogens (tertiary/aromatic N) is 1. The maximum Gasteiger partial charge on any atom is 0.694 e. The zero-order chi connectivity index (χ0) is 15.8. The van der Waals surface area contributed by atoms with E-state index in [-0.39, 0.29) is 13.2 Å². The van der Waals surface area contributed by atoms with Crippen molar-refractivity contribution in [1.82, 2.24) is 9.55 Å². The fourth-order valence-electron chi connectivity index (χ4n) is 1.53.